The number of anilines is 1. The maximum atomic E-state index is 5.64. The summed E-state index contributed by atoms with van der Waals surface area (Å²) in [5, 5.41) is 0. The van der Waals surface area contributed by atoms with E-state index in [1.165, 1.54) is 11.3 Å². The smallest absolute Gasteiger partial charge is 0.270 e. The molecule has 0 aliphatic carbocycles. The highest BCUT2D eigenvalue weighted by molar-refractivity contribution is 7.71. The monoisotopic (exact) mass is 327 g/mol. The molecule has 0 aliphatic heterocycles. The molecule has 0 radical (unpaired) electrons. The van der Waals surface area contributed by atoms with Crippen molar-refractivity contribution in [2.75, 3.05) is 26.0 Å². The van der Waals surface area contributed by atoms with Gasteiger partial charge in [0, 0.05) is 26.3 Å². The average Bonchev–Trinajstić information content (AvgIpc) is 2.84. The lowest BCUT2D eigenvalue weighted by Gasteiger charge is -2.18. The molecule has 0 aliphatic rings. The Balaban J connectivity index is 1.74. The van der Waals surface area contributed by atoms with Gasteiger partial charge >= 0.3 is 0 Å². The van der Waals surface area contributed by atoms with Crippen molar-refractivity contribution in [3.63, 3.8) is 0 Å². The molecule has 0 saturated heterocycles. The van der Waals surface area contributed by atoms with Crippen LogP contribution in [0.15, 0.2) is 52.9 Å². The largest absolute Gasteiger partial charge is 0.429 e. The van der Waals surface area contributed by atoms with Gasteiger partial charge in [0.25, 0.3) is 4.84 Å². The standard InChI is InChI=1S/C18H21N3OS/c1-19(2)15-10-8-14(9-11-15)12-20(3)13-21-16-6-4-5-7-17(16)22-18(21)23/h4-11H,12-13H2,1-3H3. The van der Waals surface area contributed by atoms with Gasteiger partial charge in [-0.15, -0.1) is 0 Å². The molecule has 0 N–H and O–H groups in total. The van der Waals surface area contributed by atoms with E-state index in [4.69, 9.17) is 16.6 Å². The number of oxazole rings is 1. The van der Waals surface area contributed by atoms with Gasteiger partial charge in [0.05, 0.1) is 12.2 Å². The van der Waals surface area contributed by atoms with Crippen LogP contribution in [0.1, 0.15) is 5.56 Å². The zero-order valence-electron chi connectivity index (χ0n) is 13.7. The molecule has 23 heavy (non-hydrogen) atoms. The highest BCUT2D eigenvalue weighted by Crippen LogP contribution is 2.18. The Kier molecular flexibility index (Phi) is 4.50. The summed E-state index contributed by atoms with van der Waals surface area (Å²) in [6, 6.07) is 16.6. The first-order chi connectivity index (χ1) is 11.0. The van der Waals surface area contributed by atoms with E-state index in [0.717, 1.165) is 17.6 Å². The number of fused-ring (bicyclic) bond motifs is 1. The zero-order chi connectivity index (χ0) is 16.4. The third kappa shape index (κ3) is 3.46. The van der Waals surface area contributed by atoms with E-state index >= 15 is 0 Å². The molecule has 0 unspecified atom stereocenters. The van der Waals surface area contributed by atoms with Gasteiger partial charge in [-0.25, -0.2) is 0 Å². The van der Waals surface area contributed by atoms with E-state index < -0.39 is 0 Å². The topological polar surface area (TPSA) is 24.6 Å². The van der Waals surface area contributed by atoms with E-state index in [9.17, 15) is 0 Å². The molecule has 0 fully saturated rings. The van der Waals surface area contributed by atoms with Crippen molar-refractivity contribution in [2.24, 2.45) is 0 Å². The third-order valence-electron chi connectivity index (χ3n) is 3.86. The number of rotatable bonds is 5. The van der Waals surface area contributed by atoms with Gasteiger partial charge in [0.1, 0.15) is 0 Å². The number of hydrogen-bond donors (Lipinski definition) is 0. The molecule has 2 aromatic carbocycles. The predicted molar refractivity (Wildman–Crippen MR) is 97.3 cm³/mol. The van der Waals surface area contributed by atoms with Gasteiger partial charge in [-0.1, -0.05) is 24.3 Å². The molecule has 3 aromatic rings. The van der Waals surface area contributed by atoms with Crippen LogP contribution >= 0.6 is 12.2 Å². The van der Waals surface area contributed by atoms with Crippen molar-refractivity contribution in [3.8, 4) is 0 Å². The van der Waals surface area contributed by atoms with Gasteiger partial charge in [-0.2, -0.15) is 0 Å². The number of benzene rings is 2. The van der Waals surface area contributed by atoms with Crippen LogP contribution in [0.5, 0.6) is 0 Å². The molecular formula is C18H21N3OS. The van der Waals surface area contributed by atoms with E-state index in [1.54, 1.807) is 0 Å². The Morgan fingerprint density at radius 2 is 1.70 bits per heavy atom. The summed E-state index contributed by atoms with van der Waals surface area (Å²) in [7, 11) is 6.18. The molecule has 0 saturated carbocycles. The first-order valence-electron chi connectivity index (χ1n) is 7.58. The Bertz CT molecular complexity index is 849. The summed E-state index contributed by atoms with van der Waals surface area (Å²) in [4.78, 5) is 4.84. The molecule has 1 aromatic heterocycles. The van der Waals surface area contributed by atoms with Gasteiger partial charge in [0.2, 0.25) is 0 Å². The fourth-order valence-electron chi connectivity index (χ4n) is 2.65. The molecular weight excluding hydrogens is 306 g/mol. The molecule has 0 atom stereocenters. The van der Waals surface area contributed by atoms with Crippen LogP contribution in [0.3, 0.4) is 0 Å². The Labute approximate surface area is 141 Å². The van der Waals surface area contributed by atoms with Crippen molar-refractivity contribution in [2.45, 2.75) is 13.2 Å². The van der Waals surface area contributed by atoms with Crippen molar-refractivity contribution in [1.82, 2.24) is 9.47 Å². The van der Waals surface area contributed by atoms with Crippen LogP contribution in [0.2, 0.25) is 0 Å². The Morgan fingerprint density at radius 1 is 1.00 bits per heavy atom. The summed E-state index contributed by atoms with van der Waals surface area (Å²) in [6.07, 6.45) is 0. The van der Waals surface area contributed by atoms with Crippen molar-refractivity contribution < 1.29 is 4.42 Å². The minimum atomic E-state index is 0.515. The van der Waals surface area contributed by atoms with Crippen LogP contribution in [0, 0.1) is 4.84 Å². The lowest BCUT2D eigenvalue weighted by molar-refractivity contribution is 0.257. The summed E-state index contributed by atoms with van der Waals surface area (Å²) in [6.45, 7) is 1.56. The summed E-state index contributed by atoms with van der Waals surface area (Å²) in [5.74, 6) is 0. The van der Waals surface area contributed by atoms with Gasteiger partial charge < -0.3 is 9.32 Å². The number of aromatic nitrogens is 1. The number of para-hydroxylation sites is 2. The molecule has 5 heteroatoms. The van der Waals surface area contributed by atoms with Crippen LogP contribution in [0.25, 0.3) is 11.1 Å². The second-order valence-corrected chi connectivity index (χ2v) is 6.33. The van der Waals surface area contributed by atoms with Crippen molar-refractivity contribution in [3.05, 3.63) is 58.9 Å². The van der Waals surface area contributed by atoms with Crippen LogP contribution in [0.4, 0.5) is 5.69 Å². The maximum Gasteiger partial charge on any atom is 0.270 e. The second kappa shape index (κ2) is 6.56. The molecule has 0 bridgehead atoms. The SMILES string of the molecule is CN(Cc1ccc(N(C)C)cc1)Cn1c(=S)oc2ccccc21. The first kappa shape index (κ1) is 15.8. The lowest BCUT2D eigenvalue weighted by Crippen LogP contribution is -2.21. The molecule has 4 nitrogen and oxygen atoms in total. The highest BCUT2D eigenvalue weighted by Gasteiger charge is 2.09. The number of nitrogens with zero attached hydrogens (tertiary/aromatic N) is 3. The van der Waals surface area contributed by atoms with Crippen LogP contribution in [-0.2, 0) is 13.2 Å². The number of hydrogen-bond acceptors (Lipinski definition) is 4. The fraction of sp³-hybridized carbons (Fsp3) is 0.278. The van der Waals surface area contributed by atoms with Gasteiger partial charge in [0.15, 0.2) is 5.58 Å². The fourth-order valence-corrected chi connectivity index (χ4v) is 2.90. The minimum absolute atomic E-state index is 0.515. The zero-order valence-corrected chi connectivity index (χ0v) is 14.5. The van der Waals surface area contributed by atoms with Gasteiger partial charge in [-0.05, 0) is 49.1 Å². The third-order valence-corrected chi connectivity index (χ3v) is 4.17. The highest BCUT2D eigenvalue weighted by atomic mass is 32.1. The van der Waals surface area contributed by atoms with Gasteiger partial charge in [-0.3, -0.25) is 9.47 Å². The normalized spacial score (nSPS) is 11.3. The lowest BCUT2D eigenvalue weighted by atomic mass is 10.2. The molecule has 3 rings (SSSR count). The summed E-state index contributed by atoms with van der Waals surface area (Å²) in [5.41, 5.74) is 4.35. The quantitative estimate of drug-likeness (QED) is 0.658. The van der Waals surface area contributed by atoms with E-state index in [-0.39, 0.29) is 0 Å². The van der Waals surface area contributed by atoms with E-state index in [1.807, 2.05) is 42.9 Å². The average molecular weight is 327 g/mol. The minimum Gasteiger partial charge on any atom is -0.429 e. The Morgan fingerprint density at radius 3 is 2.39 bits per heavy atom. The summed E-state index contributed by atoms with van der Waals surface area (Å²) < 4.78 is 7.66. The predicted octanol–water partition coefficient (Wildman–Crippen LogP) is 4.12. The van der Waals surface area contributed by atoms with Crippen LogP contribution in [-0.4, -0.2) is 30.6 Å². The second-order valence-electron chi connectivity index (χ2n) is 5.98. The van der Waals surface area contributed by atoms with E-state index in [2.05, 4.69) is 41.1 Å². The molecule has 0 amide bonds. The van der Waals surface area contributed by atoms with Crippen molar-refractivity contribution >= 4 is 29.0 Å². The summed E-state index contributed by atoms with van der Waals surface area (Å²) >= 11 is 5.35. The Hall–Kier alpha value is -2.11. The van der Waals surface area contributed by atoms with Crippen LogP contribution < -0.4 is 4.90 Å². The molecule has 0 spiro atoms. The molecule has 1 heterocycles. The molecule has 120 valence electrons. The maximum absolute atomic E-state index is 5.64. The van der Waals surface area contributed by atoms with Crippen molar-refractivity contribution in [1.29, 1.82) is 0 Å². The first-order valence-corrected chi connectivity index (χ1v) is 7.98. The van der Waals surface area contributed by atoms with E-state index in [0.29, 0.717) is 11.5 Å².